The lowest BCUT2D eigenvalue weighted by molar-refractivity contribution is -0.121. The van der Waals surface area contributed by atoms with Gasteiger partial charge in [-0.3, -0.25) is 9.59 Å². The number of amides is 2. The first kappa shape index (κ1) is 22.6. The van der Waals surface area contributed by atoms with Crippen LogP contribution in [0.15, 0.2) is 53.6 Å². The Balaban J connectivity index is 1.55. The number of phenols is 1. The number of aromatic carboxylic acids is 1. The van der Waals surface area contributed by atoms with Crippen LogP contribution >= 0.6 is 0 Å². The number of benzene rings is 2. The largest absolute Gasteiger partial charge is 0.506 e. The number of phenolic OH excluding ortho intramolecular Hbond substituents is 1. The number of carboxylic acids is 1. The summed E-state index contributed by atoms with van der Waals surface area (Å²) in [6, 6.07) is 12.7. The van der Waals surface area contributed by atoms with Crippen LogP contribution in [0, 0.1) is 0 Å². The molecule has 0 saturated carbocycles. The zero-order valence-electron chi connectivity index (χ0n) is 16.5. The average Bonchev–Trinajstić information content (AvgIpc) is 2.72. The standard InChI is InChI=1S/C22H25N3O5/c26-19-8-6-5-7-18(19)24-20(27)9-3-1-2-4-10-21(28)25-23-15-16-11-13-17(14-12-16)22(29)30/h5-8,11-15,26H,1-4,9-10H2,(H,24,27)(H,25,28)(H,29,30)/b23-15+. The van der Waals surface area contributed by atoms with Gasteiger partial charge in [0.15, 0.2) is 0 Å². The summed E-state index contributed by atoms with van der Waals surface area (Å²) in [4.78, 5) is 34.4. The summed E-state index contributed by atoms with van der Waals surface area (Å²) in [7, 11) is 0. The van der Waals surface area contributed by atoms with Gasteiger partial charge in [-0.25, -0.2) is 10.2 Å². The molecule has 2 aromatic rings. The Hall–Kier alpha value is -3.68. The lowest BCUT2D eigenvalue weighted by Crippen LogP contribution is -2.17. The van der Waals surface area contributed by atoms with E-state index in [4.69, 9.17) is 5.11 Å². The summed E-state index contributed by atoms with van der Waals surface area (Å²) < 4.78 is 0. The topological polar surface area (TPSA) is 128 Å². The number of carboxylic acid groups (broad SMARTS) is 1. The van der Waals surface area contributed by atoms with E-state index in [1.165, 1.54) is 24.4 Å². The maximum absolute atomic E-state index is 11.9. The Labute approximate surface area is 174 Å². The normalized spacial score (nSPS) is 10.7. The number of nitrogens with one attached hydrogen (secondary N) is 2. The maximum atomic E-state index is 11.9. The van der Waals surface area contributed by atoms with Crippen molar-refractivity contribution in [2.45, 2.75) is 38.5 Å². The highest BCUT2D eigenvalue weighted by Crippen LogP contribution is 2.21. The van der Waals surface area contributed by atoms with Crippen LogP contribution < -0.4 is 10.7 Å². The number of carbonyl (C=O) groups excluding carboxylic acids is 2. The molecule has 0 atom stereocenters. The Morgan fingerprint density at radius 2 is 1.50 bits per heavy atom. The van der Waals surface area contributed by atoms with E-state index in [-0.39, 0.29) is 23.1 Å². The zero-order chi connectivity index (χ0) is 21.8. The fraction of sp³-hybridized carbons (Fsp3) is 0.273. The second-order valence-corrected chi connectivity index (χ2v) is 6.70. The number of carbonyl (C=O) groups is 3. The van der Waals surface area contributed by atoms with Crippen molar-refractivity contribution in [2.24, 2.45) is 5.10 Å². The lowest BCUT2D eigenvalue weighted by atomic mass is 10.1. The van der Waals surface area contributed by atoms with Crippen LogP contribution in [0.5, 0.6) is 5.75 Å². The molecule has 0 saturated heterocycles. The third-order valence-electron chi connectivity index (χ3n) is 4.30. The van der Waals surface area contributed by atoms with Crippen LogP contribution in [0.3, 0.4) is 0 Å². The summed E-state index contributed by atoms with van der Waals surface area (Å²) in [6.07, 6.45) is 5.16. The van der Waals surface area contributed by atoms with Crippen LogP contribution in [0.25, 0.3) is 0 Å². The number of para-hydroxylation sites is 2. The number of anilines is 1. The highest BCUT2D eigenvalue weighted by atomic mass is 16.4. The smallest absolute Gasteiger partial charge is 0.335 e. The fourth-order valence-corrected chi connectivity index (χ4v) is 2.66. The molecule has 0 bridgehead atoms. The third-order valence-corrected chi connectivity index (χ3v) is 4.30. The molecule has 2 rings (SSSR count). The highest BCUT2D eigenvalue weighted by molar-refractivity contribution is 5.92. The van der Waals surface area contributed by atoms with Crippen molar-refractivity contribution in [3.63, 3.8) is 0 Å². The first-order valence-electron chi connectivity index (χ1n) is 9.69. The van der Waals surface area contributed by atoms with Gasteiger partial charge in [-0.05, 0) is 42.7 Å². The number of hydrazone groups is 1. The van der Waals surface area contributed by atoms with Gasteiger partial charge in [-0.1, -0.05) is 37.1 Å². The molecular formula is C22H25N3O5. The molecule has 30 heavy (non-hydrogen) atoms. The van der Waals surface area contributed by atoms with E-state index in [1.807, 2.05) is 0 Å². The van der Waals surface area contributed by atoms with Gasteiger partial charge < -0.3 is 15.5 Å². The molecule has 0 unspecified atom stereocenters. The molecule has 0 radical (unpaired) electrons. The van der Waals surface area contributed by atoms with E-state index in [0.29, 0.717) is 36.9 Å². The summed E-state index contributed by atoms with van der Waals surface area (Å²) in [5.74, 6) is -1.31. The van der Waals surface area contributed by atoms with Crippen molar-refractivity contribution in [1.82, 2.24) is 5.43 Å². The molecule has 2 aromatic carbocycles. The zero-order valence-corrected chi connectivity index (χ0v) is 16.5. The van der Waals surface area contributed by atoms with Crippen molar-refractivity contribution < 1.29 is 24.6 Å². The van der Waals surface area contributed by atoms with Gasteiger partial charge in [0.1, 0.15) is 5.75 Å². The van der Waals surface area contributed by atoms with Gasteiger partial charge in [-0.2, -0.15) is 5.10 Å². The number of unbranched alkanes of at least 4 members (excludes halogenated alkanes) is 3. The lowest BCUT2D eigenvalue weighted by Gasteiger charge is -2.06. The van der Waals surface area contributed by atoms with E-state index in [1.54, 1.807) is 30.3 Å². The molecule has 0 fully saturated rings. The third kappa shape index (κ3) is 8.14. The fourth-order valence-electron chi connectivity index (χ4n) is 2.66. The minimum Gasteiger partial charge on any atom is -0.506 e. The Kier molecular flexibility index (Phi) is 9.05. The van der Waals surface area contributed by atoms with Crippen LogP contribution in [-0.2, 0) is 9.59 Å². The van der Waals surface area contributed by atoms with Gasteiger partial charge in [0, 0.05) is 12.8 Å². The maximum Gasteiger partial charge on any atom is 0.335 e. The number of rotatable bonds is 11. The quantitative estimate of drug-likeness (QED) is 0.195. The van der Waals surface area contributed by atoms with Crippen molar-refractivity contribution in [1.29, 1.82) is 0 Å². The monoisotopic (exact) mass is 411 g/mol. The van der Waals surface area contributed by atoms with Crippen molar-refractivity contribution in [2.75, 3.05) is 5.32 Å². The first-order valence-corrected chi connectivity index (χ1v) is 9.69. The number of hydrogen-bond acceptors (Lipinski definition) is 5. The van der Waals surface area contributed by atoms with Crippen molar-refractivity contribution in [3.8, 4) is 5.75 Å². The SMILES string of the molecule is O=C(CCCCCCC(=O)Nc1ccccc1O)N/N=C/c1ccc(C(=O)O)cc1. The van der Waals surface area contributed by atoms with E-state index in [9.17, 15) is 19.5 Å². The van der Waals surface area contributed by atoms with Crippen molar-refractivity contribution in [3.05, 3.63) is 59.7 Å². The van der Waals surface area contributed by atoms with Gasteiger partial charge in [0.25, 0.3) is 0 Å². The van der Waals surface area contributed by atoms with E-state index < -0.39 is 5.97 Å². The van der Waals surface area contributed by atoms with E-state index in [2.05, 4.69) is 15.8 Å². The Morgan fingerprint density at radius 1 is 0.867 bits per heavy atom. The second-order valence-electron chi connectivity index (χ2n) is 6.70. The van der Waals surface area contributed by atoms with Crippen LogP contribution in [0.4, 0.5) is 5.69 Å². The van der Waals surface area contributed by atoms with Gasteiger partial charge >= 0.3 is 5.97 Å². The molecule has 158 valence electrons. The minimum atomic E-state index is -0.997. The van der Waals surface area contributed by atoms with E-state index >= 15 is 0 Å². The van der Waals surface area contributed by atoms with Gasteiger partial charge in [0.2, 0.25) is 11.8 Å². The average molecular weight is 411 g/mol. The van der Waals surface area contributed by atoms with E-state index in [0.717, 1.165) is 12.8 Å². The summed E-state index contributed by atoms with van der Waals surface area (Å²) in [5, 5.41) is 25.0. The van der Waals surface area contributed by atoms with Gasteiger partial charge in [-0.15, -0.1) is 0 Å². The number of nitrogens with zero attached hydrogens (tertiary/aromatic N) is 1. The molecule has 0 spiro atoms. The summed E-state index contributed by atoms with van der Waals surface area (Å²) >= 11 is 0. The molecule has 0 aromatic heterocycles. The molecule has 0 heterocycles. The van der Waals surface area contributed by atoms with Crippen LogP contribution in [0.1, 0.15) is 54.4 Å². The molecule has 0 aliphatic carbocycles. The second kappa shape index (κ2) is 12.0. The Morgan fingerprint density at radius 3 is 2.13 bits per heavy atom. The van der Waals surface area contributed by atoms with Crippen LogP contribution in [0.2, 0.25) is 0 Å². The summed E-state index contributed by atoms with van der Waals surface area (Å²) in [5.41, 5.74) is 3.71. The Bertz CT molecular complexity index is 894. The van der Waals surface area contributed by atoms with Gasteiger partial charge in [0.05, 0.1) is 17.5 Å². The van der Waals surface area contributed by atoms with Crippen molar-refractivity contribution >= 4 is 29.7 Å². The molecule has 4 N–H and O–H groups in total. The number of aromatic hydroxyl groups is 1. The molecule has 2 amide bonds. The van der Waals surface area contributed by atoms with Crippen LogP contribution in [-0.4, -0.2) is 34.2 Å². The number of hydrogen-bond donors (Lipinski definition) is 4. The molecule has 8 nitrogen and oxygen atoms in total. The molecular weight excluding hydrogens is 386 g/mol. The summed E-state index contributed by atoms with van der Waals surface area (Å²) in [6.45, 7) is 0. The minimum absolute atomic E-state index is 0.0387. The predicted octanol–water partition coefficient (Wildman–Crippen LogP) is 3.52. The molecule has 0 aliphatic rings. The highest BCUT2D eigenvalue weighted by Gasteiger charge is 2.06. The first-order chi connectivity index (χ1) is 14.5. The molecule has 8 heteroatoms. The molecule has 0 aliphatic heterocycles. The predicted molar refractivity (Wildman–Crippen MR) is 114 cm³/mol.